The predicted octanol–water partition coefficient (Wildman–Crippen LogP) is 4.41. The lowest BCUT2D eigenvalue weighted by atomic mass is 10.2. The Balaban J connectivity index is 0.000000853. The Kier molecular flexibility index (Phi) is 21.3. The minimum Gasteiger partial charge on any atom is -0.454 e. The van der Waals surface area contributed by atoms with E-state index in [1.165, 1.54) is 11.1 Å². The van der Waals surface area contributed by atoms with Crippen molar-refractivity contribution in [1.82, 2.24) is 29.7 Å². The molecule has 2 N–H and O–H groups in total. The molecule has 272 valence electrons. The maximum absolute atomic E-state index is 5.41. The molecule has 0 spiro atoms. The summed E-state index contributed by atoms with van der Waals surface area (Å²) in [4.78, 5) is 25.6. The molecular formula is C32H46Cl4N8O5. The summed E-state index contributed by atoms with van der Waals surface area (Å²) in [7, 11) is 8.21. The van der Waals surface area contributed by atoms with Crippen LogP contribution in [0.4, 0.5) is 11.9 Å². The van der Waals surface area contributed by atoms with Gasteiger partial charge in [-0.25, -0.2) is 19.9 Å². The number of hydrogen-bond donors (Lipinski definition) is 0. The van der Waals surface area contributed by atoms with Crippen LogP contribution in [0.5, 0.6) is 23.0 Å². The van der Waals surface area contributed by atoms with Crippen LogP contribution in [0.1, 0.15) is 11.1 Å². The zero-order valence-electron chi connectivity index (χ0n) is 27.9. The van der Waals surface area contributed by atoms with Gasteiger partial charge in [0.05, 0.1) is 0 Å². The number of halogens is 4. The Morgan fingerprint density at radius 3 is 1.22 bits per heavy atom. The largest absolute Gasteiger partial charge is 0.454 e. The molecule has 4 aromatic rings. The molecule has 0 saturated heterocycles. The van der Waals surface area contributed by atoms with Crippen LogP contribution in [0.25, 0.3) is 0 Å². The van der Waals surface area contributed by atoms with Crippen LogP contribution in [0.2, 0.25) is 0 Å². The van der Waals surface area contributed by atoms with Crippen LogP contribution in [-0.4, -0.2) is 103 Å². The summed E-state index contributed by atoms with van der Waals surface area (Å²) in [6, 6.07) is 15.8. The fourth-order valence-corrected chi connectivity index (χ4v) is 4.68. The van der Waals surface area contributed by atoms with Crippen molar-refractivity contribution in [3.8, 4) is 23.0 Å². The summed E-state index contributed by atoms with van der Waals surface area (Å²) in [5, 5.41) is 0. The van der Waals surface area contributed by atoms with Gasteiger partial charge >= 0.3 is 0 Å². The predicted molar refractivity (Wildman–Crippen MR) is 201 cm³/mol. The number of ether oxygens (including phenoxy) is 4. The van der Waals surface area contributed by atoms with Crippen molar-refractivity contribution in [2.45, 2.75) is 13.1 Å². The van der Waals surface area contributed by atoms with Gasteiger partial charge in [0, 0.05) is 78.2 Å². The van der Waals surface area contributed by atoms with Gasteiger partial charge in [0.1, 0.15) is 0 Å². The number of rotatable bonds is 12. The number of aromatic nitrogens is 4. The molecule has 0 bridgehead atoms. The number of fused-ring (bicyclic) bond motifs is 2. The lowest BCUT2D eigenvalue weighted by molar-refractivity contribution is 0.173. The maximum Gasteiger partial charge on any atom is 0.231 e. The fourth-order valence-electron chi connectivity index (χ4n) is 4.68. The number of benzene rings is 2. The number of nitrogens with zero attached hydrogens (tertiary/aromatic N) is 8. The topological polar surface area (TPSA) is 133 Å². The molecule has 0 unspecified atom stereocenters. The third-order valence-electron chi connectivity index (χ3n) is 7.20. The van der Waals surface area contributed by atoms with Crippen molar-refractivity contribution >= 4 is 61.5 Å². The highest BCUT2D eigenvalue weighted by Crippen LogP contribution is 2.33. The number of hydrogen-bond acceptors (Lipinski definition) is 12. The van der Waals surface area contributed by atoms with Gasteiger partial charge < -0.3 is 44.0 Å². The Labute approximate surface area is 312 Å². The van der Waals surface area contributed by atoms with E-state index in [1.807, 2.05) is 50.5 Å². The van der Waals surface area contributed by atoms with E-state index < -0.39 is 0 Å². The van der Waals surface area contributed by atoms with Gasteiger partial charge in [-0.3, -0.25) is 0 Å². The first-order valence-electron chi connectivity index (χ1n) is 14.5. The number of anilines is 2. The summed E-state index contributed by atoms with van der Waals surface area (Å²) >= 11 is 0. The maximum atomic E-state index is 5.41. The molecule has 13 nitrogen and oxygen atoms in total. The highest BCUT2D eigenvalue weighted by Gasteiger charge is 2.15. The van der Waals surface area contributed by atoms with E-state index in [4.69, 9.17) is 18.9 Å². The van der Waals surface area contributed by atoms with Crippen molar-refractivity contribution in [3.63, 3.8) is 0 Å². The smallest absolute Gasteiger partial charge is 0.231 e. The summed E-state index contributed by atoms with van der Waals surface area (Å²) in [5.41, 5.74) is 2.43. The Morgan fingerprint density at radius 1 is 0.510 bits per heavy atom. The molecule has 0 radical (unpaired) electrons. The zero-order valence-corrected chi connectivity index (χ0v) is 31.2. The third-order valence-corrected chi connectivity index (χ3v) is 7.20. The van der Waals surface area contributed by atoms with Crippen LogP contribution in [-0.2, 0) is 13.1 Å². The van der Waals surface area contributed by atoms with Gasteiger partial charge in [-0.15, -0.1) is 49.6 Å². The lowest BCUT2D eigenvalue weighted by Crippen LogP contribution is -2.31. The van der Waals surface area contributed by atoms with Gasteiger partial charge in [-0.05, 0) is 61.6 Å². The van der Waals surface area contributed by atoms with E-state index in [2.05, 4.69) is 65.8 Å². The number of likely N-dealkylation sites (N-methyl/N-ethyl adjacent to an activating group) is 4. The van der Waals surface area contributed by atoms with E-state index in [-0.39, 0.29) is 55.1 Å². The van der Waals surface area contributed by atoms with Crippen molar-refractivity contribution in [2.75, 3.05) is 77.8 Å². The van der Waals surface area contributed by atoms with Crippen LogP contribution >= 0.6 is 49.6 Å². The molecule has 2 aromatic carbocycles. The molecule has 0 aliphatic carbocycles. The zero-order chi connectivity index (χ0) is 30.7. The standard InChI is InChI=1S/2C16H20N4O2.4ClH.H2O/c2*1-19(8-9-20(2)16-17-6-3-7-18-16)11-13-4-5-14-15(10-13)22-12-21-14;;;;;/h2*3-7,10H,8-9,11-12H2,1-2H3;4*1H;1H2. The summed E-state index contributed by atoms with van der Waals surface area (Å²) < 4.78 is 21.5. The van der Waals surface area contributed by atoms with Gasteiger partial charge in [0.25, 0.3) is 0 Å². The SMILES string of the molecule is CN(CCN(C)c1ncccn1)Cc1ccc2c(c1)OCO2.CN(CCN(C)c1ncccn1)Cc1ccc2c(c1)OCO2.Cl.Cl.Cl.Cl.O. The van der Waals surface area contributed by atoms with Crippen molar-refractivity contribution in [1.29, 1.82) is 0 Å². The molecule has 0 fully saturated rings. The summed E-state index contributed by atoms with van der Waals surface area (Å²) in [6.07, 6.45) is 7.04. The first-order chi connectivity index (χ1) is 21.4. The normalized spacial score (nSPS) is 11.4. The van der Waals surface area contributed by atoms with E-state index in [1.54, 1.807) is 24.8 Å². The minimum absolute atomic E-state index is 0. The van der Waals surface area contributed by atoms with Gasteiger partial charge in [-0.2, -0.15) is 0 Å². The molecule has 2 aliphatic heterocycles. The second kappa shape index (κ2) is 23.0. The molecule has 17 heteroatoms. The Hall–Kier alpha value is -3.56. The van der Waals surface area contributed by atoms with Crippen LogP contribution in [0.15, 0.2) is 73.3 Å². The summed E-state index contributed by atoms with van der Waals surface area (Å²) in [5.74, 6) is 4.82. The monoisotopic (exact) mass is 762 g/mol. The summed E-state index contributed by atoms with van der Waals surface area (Å²) in [6.45, 7) is 5.93. The highest BCUT2D eigenvalue weighted by molar-refractivity contribution is 5.86. The van der Waals surface area contributed by atoms with Crippen molar-refractivity contribution in [2.24, 2.45) is 0 Å². The fraction of sp³-hybridized carbons (Fsp3) is 0.375. The second-order valence-corrected chi connectivity index (χ2v) is 10.8. The van der Waals surface area contributed by atoms with Gasteiger partial charge in [0.15, 0.2) is 23.0 Å². The van der Waals surface area contributed by atoms with Gasteiger partial charge in [0.2, 0.25) is 25.5 Å². The van der Waals surface area contributed by atoms with E-state index in [0.29, 0.717) is 13.6 Å². The minimum atomic E-state index is 0. The highest BCUT2D eigenvalue weighted by atomic mass is 35.5. The van der Waals surface area contributed by atoms with Crippen LogP contribution in [0, 0.1) is 0 Å². The molecule has 2 aliphatic rings. The van der Waals surface area contributed by atoms with Gasteiger partial charge in [-0.1, -0.05) is 12.1 Å². The quantitative estimate of drug-likeness (QED) is 0.203. The van der Waals surface area contributed by atoms with E-state index in [9.17, 15) is 0 Å². The first kappa shape index (κ1) is 45.4. The van der Waals surface area contributed by atoms with Crippen molar-refractivity contribution in [3.05, 3.63) is 84.4 Å². The molecule has 49 heavy (non-hydrogen) atoms. The molecule has 0 atom stereocenters. The van der Waals surface area contributed by atoms with E-state index in [0.717, 1.165) is 74.2 Å². The van der Waals surface area contributed by atoms with Crippen LogP contribution in [0.3, 0.4) is 0 Å². The molecule has 0 saturated carbocycles. The molecule has 2 aromatic heterocycles. The second-order valence-electron chi connectivity index (χ2n) is 10.8. The van der Waals surface area contributed by atoms with Crippen LogP contribution < -0.4 is 28.7 Å². The Morgan fingerprint density at radius 2 is 0.857 bits per heavy atom. The third kappa shape index (κ3) is 13.7. The van der Waals surface area contributed by atoms with Crippen molar-refractivity contribution < 1.29 is 24.4 Å². The molecular weight excluding hydrogens is 718 g/mol. The average Bonchev–Trinajstić information content (AvgIpc) is 3.73. The molecule has 6 rings (SSSR count). The molecule has 0 amide bonds. The Bertz CT molecular complexity index is 1380. The first-order valence-corrected chi connectivity index (χ1v) is 14.5. The lowest BCUT2D eigenvalue weighted by Gasteiger charge is -2.22. The molecule has 4 heterocycles. The van der Waals surface area contributed by atoms with E-state index >= 15 is 0 Å². The average molecular weight is 765 g/mol.